The molecule has 2 aromatic heterocycles. The average Bonchev–Trinajstić information content (AvgIpc) is 3.41. The number of anilines is 1. The largest absolute Gasteiger partial charge is 0.365 e. The van der Waals surface area contributed by atoms with Gasteiger partial charge in [0, 0.05) is 22.8 Å². The number of carbonyl (C=O) groups is 1. The van der Waals surface area contributed by atoms with Gasteiger partial charge < -0.3 is 10.6 Å². The van der Waals surface area contributed by atoms with Gasteiger partial charge in [0.15, 0.2) is 0 Å². The number of halogens is 1. The predicted molar refractivity (Wildman–Crippen MR) is 106 cm³/mol. The molecule has 2 aromatic rings. The highest BCUT2D eigenvalue weighted by atomic mass is 35.5. The normalized spacial score (nSPS) is 19.1. The lowest BCUT2D eigenvalue weighted by atomic mass is 9.95. The van der Waals surface area contributed by atoms with Crippen LogP contribution in [0.25, 0.3) is 0 Å². The lowest BCUT2D eigenvalue weighted by molar-refractivity contribution is 0.0822. The van der Waals surface area contributed by atoms with Crippen molar-refractivity contribution < 1.29 is 4.79 Å². The van der Waals surface area contributed by atoms with Crippen LogP contribution in [0.1, 0.15) is 59.8 Å². The highest BCUT2D eigenvalue weighted by Crippen LogP contribution is 2.31. The maximum Gasteiger partial charge on any atom is 0.251 e. The van der Waals surface area contributed by atoms with Crippen LogP contribution < -0.4 is 10.6 Å². The van der Waals surface area contributed by atoms with Crippen molar-refractivity contribution in [3.05, 3.63) is 33.1 Å². The third kappa shape index (κ3) is 3.97. The van der Waals surface area contributed by atoms with Gasteiger partial charge >= 0.3 is 0 Å². The molecule has 2 aliphatic rings. The third-order valence-corrected chi connectivity index (χ3v) is 6.70. The fourth-order valence-electron chi connectivity index (χ4n) is 3.98. The van der Waals surface area contributed by atoms with E-state index in [-0.39, 0.29) is 11.8 Å². The Kier molecular flexibility index (Phi) is 5.62. The molecule has 1 saturated carbocycles. The van der Waals surface area contributed by atoms with E-state index >= 15 is 0 Å². The van der Waals surface area contributed by atoms with E-state index in [1.807, 2.05) is 12.1 Å². The van der Waals surface area contributed by atoms with Crippen molar-refractivity contribution in [2.24, 2.45) is 5.92 Å². The van der Waals surface area contributed by atoms with Crippen molar-refractivity contribution in [1.82, 2.24) is 15.1 Å². The van der Waals surface area contributed by atoms with Gasteiger partial charge in [-0.3, -0.25) is 4.79 Å². The molecule has 0 atom stereocenters. The maximum atomic E-state index is 13.0. The second-order valence-corrected chi connectivity index (χ2v) is 9.07. The molecule has 0 radical (unpaired) electrons. The minimum atomic E-state index is 0.118. The minimum absolute atomic E-state index is 0.118. The van der Waals surface area contributed by atoms with Gasteiger partial charge in [-0.1, -0.05) is 24.4 Å². The van der Waals surface area contributed by atoms with Crippen molar-refractivity contribution in [2.45, 2.75) is 51.0 Å². The quantitative estimate of drug-likeness (QED) is 0.786. The number of nitrogens with zero attached hydrogens (tertiary/aromatic N) is 2. The molecule has 4 rings (SSSR count). The molecule has 0 bridgehead atoms. The van der Waals surface area contributed by atoms with E-state index in [0.29, 0.717) is 12.5 Å². The predicted octanol–water partition coefficient (Wildman–Crippen LogP) is 4.51. The first-order chi connectivity index (χ1) is 12.7. The Bertz CT molecular complexity index is 759. The standard InChI is InChI=1S/C19H25ClN4OS/c20-17-6-5-15(26-17)12-22-18-11-16(13-7-9-21-10-8-13)23-24(18)19(25)14-3-1-2-4-14/h5-6,11,13-14,21-22H,1-4,7-10,12H2. The Balaban J connectivity index is 1.56. The molecule has 2 N–H and O–H groups in total. The van der Waals surface area contributed by atoms with Crippen LogP contribution in [-0.2, 0) is 6.54 Å². The Morgan fingerprint density at radius 1 is 1.27 bits per heavy atom. The van der Waals surface area contributed by atoms with E-state index < -0.39 is 0 Å². The van der Waals surface area contributed by atoms with Gasteiger partial charge in [-0.25, -0.2) is 0 Å². The lowest BCUT2D eigenvalue weighted by Crippen LogP contribution is -2.27. The molecule has 1 aliphatic heterocycles. The number of aromatic nitrogens is 2. The number of nitrogens with one attached hydrogen (secondary N) is 2. The Morgan fingerprint density at radius 3 is 2.73 bits per heavy atom. The summed E-state index contributed by atoms with van der Waals surface area (Å²) in [4.78, 5) is 14.2. The van der Waals surface area contributed by atoms with E-state index in [9.17, 15) is 4.79 Å². The van der Waals surface area contributed by atoms with E-state index in [4.69, 9.17) is 16.7 Å². The Labute approximate surface area is 163 Å². The van der Waals surface area contributed by atoms with Crippen LogP contribution >= 0.6 is 22.9 Å². The van der Waals surface area contributed by atoms with Gasteiger partial charge in [-0.2, -0.15) is 9.78 Å². The highest BCUT2D eigenvalue weighted by Gasteiger charge is 2.28. The molecule has 2 fully saturated rings. The molecule has 3 heterocycles. The summed E-state index contributed by atoms with van der Waals surface area (Å²) in [6.45, 7) is 2.70. The molecule has 26 heavy (non-hydrogen) atoms. The van der Waals surface area contributed by atoms with E-state index in [1.165, 1.54) is 0 Å². The smallest absolute Gasteiger partial charge is 0.251 e. The number of hydrogen-bond acceptors (Lipinski definition) is 5. The van der Waals surface area contributed by atoms with Crippen molar-refractivity contribution >= 4 is 34.7 Å². The number of thiophene rings is 1. The molecule has 5 nitrogen and oxygen atoms in total. The number of hydrogen-bond donors (Lipinski definition) is 2. The summed E-state index contributed by atoms with van der Waals surface area (Å²) in [5.74, 6) is 1.52. The number of piperidine rings is 1. The Morgan fingerprint density at radius 2 is 2.04 bits per heavy atom. The summed E-state index contributed by atoms with van der Waals surface area (Å²) in [6, 6.07) is 6.01. The van der Waals surface area contributed by atoms with Gasteiger partial charge in [0.25, 0.3) is 5.91 Å². The van der Waals surface area contributed by atoms with Crippen LogP contribution in [0.4, 0.5) is 5.82 Å². The van der Waals surface area contributed by atoms with Gasteiger partial charge in [-0.15, -0.1) is 11.3 Å². The first-order valence-electron chi connectivity index (χ1n) is 9.53. The summed E-state index contributed by atoms with van der Waals surface area (Å²) in [5.41, 5.74) is 1.05. The molecule has 7 heteroatoms. The van der Waals surface area contributed by atoms with Crippen molar-refractivity contribution in [3.8, 4) is 0 Å². The second kappa shape index (κ2) is 8.11. The minimum Gasteiger partial charge on any atom is -0.365 e. The molecule has 1 saturated heterocycles. The summed E-state index contributed by atoms with van der Waals surface area (Å²) >= 11 is 7.59. The summed E-state index contributed by atoms with van der Waals surface area (Å²) in [5, 5.41) is 11.6. The van der Waals surface area contributed by atoms with Crippen LogP contribution in [0.5, 0.6) is 0 Å². The number of carbonyl (C=O) groups excluding carboxylic acids is 1. The first-order valence-corrected chi connectivity index (χ1v) is 10.7. The SMILES string of the molecule is O=C(C1CCCC1)n1nc(C2CCNCC2)cc1NCc1ccc(Cl)s1. The van der Waals surface area contributed by atoms with Gasteiger partial charge in [0.2, 0.25) is 0 Å². The maximum absolute atomic E-state index is 13.0. The van der Waals surface area contributed by atoms with Crippen LogP contribution in [0.15, 0.2) is 18.2 Å². The van der Waals surface area contributed by atoms with Crippen LogP contribution in [0.3, 0.4) is 0 Å². The van der Waals surface area contributed by atoms with Gasteiger partial charge in [0.05, 0.1) is 16.6 Å². The zero-order valence-electron chi connectivity index (χ0n) is 14.8. The van der Waals surface area contributed by atoms with Crippen molar-refractivity contribution in [1.29, 1.82) is 0 Å². The molecule has 140 valence electrons. The third-order valence-electron chi connectivity index (χ3n) is 5.47. The van der Waals surface area contributed by atoms with E-state index in [2.05, 4.69) is 16.7 Å². The fraction of sp³-hybridized carbons (Fsp3) is 0.579. The lowest BCUT2D eigenvalue weighted by Gasteiger charge is -2.20. The van der Waals surface area contributed by atoms with E-state index in [0.717, 1.165) is 72.3 Å². The molecule has 0 aromatic carbocycles. The molecule has 0 spiro atoms. The van der Waals surface area contributed by atoms with Crippen LogP contribution in [0.2, 0.25) is 4.34 Å². The van der Waals surface area contributed by atoms with Crippen LogP contribution in [-0.4, -0.2) is 28.8 Å². The summed E-state index contributed by atoms with van der Waals surface area (Å²) in [6.07, 6.45) is 6.43. The molecule has 1 aliphatic carbocycles. The summed E-state index contributed by atoms with van der Waals surface area (Å²) in [7, 11) is 0. The molecule has 0 unspecified atom stereocenters. The molecule has 0 amide bonds. The zero-order chi connectivity index (χ0) is 17.9. The van der Waals surface area contributed by atoms with Crippen LogP contribution in [0, 0.1) is 5.92 Å². The zero-order valence-corrected chi connectivity index (χ0v) is 16.4. The van der Waals surface area contributed by atoms with E-state index in [1.54, 1.807) is 16.0 Å². The molecular formula is C19H25ClN4OS. The van der Waals surface area contributed by atoms with Gasteiger partial charge in [-0.05, 0) is 50.9 Å². The monoisotopic (exact) mass is 392 g/mol. The average molecular weight is 393 g/mol. The topological polar surface area (TPSA) is 59.0 Å². The van der Waals surface area contributed by atoms with Crippen molar-refractivity contribution in [3.63, 3.8) is 0 Å². The highest BCUT2D eigenvalue weighted by molar-refractivity contribution is 7.16. The Hall–Kier alpha value is -1.37. The van der Waals surface area contributed by atoms with Crippen molar-refractivity contribution in [2.75, 3.05) is 18.4 Å². The second-order valence-electron chi connectivity index (χ2n) is 7.27. The molecular weight excluding hydrogens is 368 g/mol. The summed E-state index contributed by atoms with van der Waals surface area (Å²) < 4.78 is 2.43. The number of rotatable bonds is 5. The van der Waals surface area contributed by atoms with Gasteiger partial charge in [0.1, 0.15) is 5.82 Å². The fourth-order valence-corrected chi connectivity index (χ4v) is 5.01. The first kappa shape index (κ1) is 18.0.